The van der Waals surface area contributed by atoms with Gasteiger partial charge in [-0.1, -0.05) is 23.8 Å². The first-order chi connectivity index (χ1) is 8.16. The van der Waals surface area contributed by atoms with Gasteiger partial charge >= 0.3 is 0 Å². The molecule has 1 atom stereocenters. The Morgan fingerprint density at radius 3 is 2.94 bits per heavy atom. The zero-order chi connectivity index (χ0) is 12.3. The first-order valence-electron chi connectivity index (χ1n) is 5.81. The Morgan fingerprint density at radius 1 is 1.53 bits per heavy atom. The van der Waals surface area contributed by atoms with Crippen molar-refractivity contribution in [3.63, 3.8) is 0 Å². The third-order valence-electron chi connectivity index (χ3n) is 3.02. The zero-order valence-corrected chi connectivity index (χ0v) is 11.4. The fourth-order valence-corrected chi connectivity index (χ4v) is 3.22. The monoisotopic (exact) mass is 269 g/mol. The highest BCUT2D eigenvalue weighted by atomic mass is 35.5. The Labute approximate surface area is 111 Å². The van der Waals surface area contributed by atoms with Crippen LogP contribution in [-0.4, -0.2) is 17.9 Å². The van der Waals surface area contributed by atoms with E-state index in [1.165, 1.54) is 11.3 Å². The van der Waals surface area contributed by atoms with Crippen LogP contribution in [0.2, 0.25) is 4.34 Å². The van der Waals surface area contributed by atoms with E-state index in [0.717, 1.165) is 28.5 Å². The third kappa shape index (κ3) is 3.33. The molecule has 1 amide bonds. The quantitative estimate of drug-likeness (QED) is 0.766. The molecule has 1 aliphatic carbocycles. The van der Waals surface area contributed by atoms with E-state index in [1.54, 1.807) is 0 Å². The molecule has 1 unspecified atom stereocenters. The van der Waals surface area contributed by atoms with Crippen LogP contribution in [0.15, 0.2) is 24.3 Å². The Hall–Kier alpha value is -0.800. The molecule has 0 spiro atoms. The molecule has 0 saturated heterocycles. The number of halogens is 1. The molecule has 0 radical (unpaired) electrons. The molecule has 1 aromatic rings. The summed E-state index contributed by atoms with van der Waals surface area (Å²) < 4.78 is 0.779. The first kappa shape index (κ1) is 12.7. The second kappa shape index (κ2) is 5.69. The SMILES string of the molecule is CN(Cc1ccc(Cl)s1)C(=O)C1CC=CCC1. The molecule has 0 saturated carbocycles. The maximum atomic E-state index is 12.2. The van der Waals surface area contributed by atoms with Crippen molar-refractivity contribution in [2.24, 2.45) is 5.92 Å². The molecule has 2 rings (SSSR count). The number of thiophene rings is 1. The van der Waals surface area contributed by atoms with Crippen LogP contribution in [-0.2, 0) is 11.3 Å². The summed E-state index contributed by atoms with van der Waals surface area (Å²) in [7, 11) is 1.87. The van der Waals surface area contributed by atoms with Gasteiger partial charge in [0, 0.05) is 17.8 Å². The smallest absolute Gasteiger partial charge is 0.226 e. The minimum atomic E-state index is 0.167. The van der Waals surface area contributed by atoms with Gasteiger partial charge < -0.3 is 4.90 Å². The number of rotatable bonds is 3. The summed E-state index contributed by atoms with van der Waals surface area (Å²) in [6.45, 7) is 0.663. The summed E-state index contributed by atoms with van der Waals surface area (Å²) in [4.78, 5) is 15.1. The highest BCUT2D eigenvalue weighted by Crippen LogP contribution is 2.24. The summed E-state index contributed by atoms with van der Waals surface area (Å²) in [6.07, 6.45) is 7.15. The van der Waals surface area contributed by atoms with E-state index in [2.05, 4.69) is 12.2 Å². The van der Waals surface area contributed by atoms with Gasteiger partial charge in [-0.3, -0.25) is 4.79 Å². The fourth-order valence-electron chi connectivity index (χ4n) is 2.08. The number of carbonyl (C=O) groups is 1. The molecule has 0 fully saturated rings. The van der Waals surface area contributed by atoms with Crippen molar-refractivity contribution in [1.29, 1.82) is 0 Å². The standard InChI is InChI=1S/C13H16ClNOS/c1-15(9-11-7-8-12(14)17-11)13(16)10-5-3-2-4-6-10/h2-3,7-8,10H,4-6,9H2,1H3. The lowest BCUT2D eigenvalue weighted by Crippen LogP contribution is -2.32. The van der Waals surface area contributed by atoms with E-state index in [9.17, 15) is 4.79 Å². The van der Waals surface area contributed by atoms with Crippen molar-refractivity contribution in [2.45, 2.75) is 25.8 Å². The van der Waals surface area contributed by atoms with Crippen molar-refractivity contribution < 1.29 is 4.79 Å². The molecule has 1 aromatic heterocycles. The Bertz CT molecular complexity index is 427. The van der Waals surface area contributed by atoms with Gasteiger partial charge in [-0.2, -0.15) is 0 Å². The summed E-state index contributed by atoms with van der Waals surface area (Å²) in [6, 6.07) is 3.86. The molecular weight excluding hydrogens is 254 g/mol. The molecule has 0 aromatic carbocycles. The van der Waals surface area contributed by atoms with Gasteiger partial charge in [0.1, 0.15) is 0 Å². The van der Waals surface area contributed by atoms with Crippen molar-refractivity contribution >= 4 is 28.8 Å². The molecule has 0 bridgehead atoms. The Balaban J connectivity index is 1.93. The van der Waals surface area contributed by atoms with Crippen molar-refractivity contribution in [3.8, 4) is 0 Å². The van der Waals surface area contributed by atoms with Crippen LogP contribution in [0.4, 0.5) is 0 Å². The largest absolute Gasteiger partial charge is 0.340 e. The first-order valence-corrected chi connectivity index (χ1v) is 7.00. The molecule has 92 valence electrons. The van der Waals surface area contributed by atoms with E-state index in [1.807, 2.05) is 24.1 Å². The average molecular weight is 270 g/mol. The number of allylic oxidation sites excluding steroid dienone is 2. The van der Waals surface area contributed by atoms with Crippen molar-refractivity contribution in [2.75, 3.05) is 7.05 Å². The zero-order valence-electron chi connectivity index (χ0n) is 9.86. The van der Waals surface area contributed by atoms with Crippen LogP contribution in [0.25, 0.3) is 0 Å². The van der Waals surface area contributed by atoms with Gasteiger partial charge in [0.2, 0.25) is 5.91 Å². The number of carbonyl (C=O) groups excluding carboxylic acids is 1. The lowest BCUT2D eigenvalue weighted by atomic mass is 9.93. The predicted molar refractivity (Wildman–Crippen MR) is 72.3 cm³/mol. The van der Waals surface area contributed by atoms with E-state index >= 15 is 0 Å². The van der Waals surface area contributed by atoms with E-state index < -0.39 is 0 Å². The lowest BCUT2D eigenvalue weighted by molar-refractivity contribution is -0.134. The van der Waals surface area contributed by atoms with Gasteiger partial charge in [0.25, 0.3) is 0 Å². The van der Waals surface area contributed by atoms with Crippen LogP contribution in [0.1, 0.15) is 24.1 Å². The minimum Gasteiger partial charge on any atom is -0.340 e. The van der Waals surface area contributed by atoms with Crippen LogP contribution in [0.5, 0.6) is 0 Å². The van der Waals surface area contributed by atoms with E-state index in [-0.39, 0.29) is 11.8 Å². The number of hydrogen-bond acceptors (Lipinski definition) is 2. The van der Waals surface area contributed by atoms with Crippen LogP contribution >= 0.6 is 22.9 Å². The Morgan fingerprint density at radius 2 is 2.35 bits per heavy atom. The highest BCUT2D eigenvalue weighted by molar-refractivity contribution is 7.16. The summed E-state index contributed by atoms with van der Waals surface area (Å²) in [5.74, 6) is 0.416. The molecule has 2 nitrogen and oxygen atoms in total. The number of amides is 1. The summed E-state index contributed by atoms with van der Waals surface area (Å²) >= 11 is 7.42. The normalized spacial score (nSPS) is 19.3. The van der Waals surface area contributed by atoms with Gasteiger partial charge in [-0.15, -0.1) is 11.3 Å². The molecule has 1 aliphatic rings. The van der Waals surface area contributed by atoms with Gasteiger partial charge in [-0.25, -0.2) is 0 Å². The van der Waals surface area contributed by atoms with Gasteiger partial charge in [-0.05, 0) is 31.4 Å². The minimum absolute atomic E-state index is 0.167. The van der Waals surface area contributed by atoms with Gasteiger partial charge in [0.15, 0.2) is 0 Å². The fraction of sp³-hybridized carbons (Fsp3) is 0.462. The summed E-state index contributed by atoms with van der Waals surface area (Å²) in [5, 5.41) is 0. The maximum Gasteiger partial charge on any atom is 0.226 e. The van der Waals surface area contributed by atoms with Crippen LogP contribution in [0, 0.1) is 5.92 Å². The van der Waals surface area contributed by atoms with Gasteiger partial charge in [0.05, 0.1) is 10.9 Å². The third-order valence-corrected chi connectivity index (χ3v) is 4.23. The van der Waals surface area contributed by atoms with E-state index in [0.29, 0.717) is 6.54 Å². The number of nitrogens with zero attached hydrogens (tertiary/aromatic N) is 1. The molecule has 1 heterocycles. The molecule has 0 aliphatic heterocycles. The average Bonchev–Trinajstić information content (AvgIpc) is 2.75. The van der Waals surface area contributed by atoms with Crippen LogP contribution in [0.3, 0.4) is 0 Å². The summed E-state index contributed by atoms with van der Waals surface area (Å²) in [5.41, 5.74) is 0. The topological polar surface area (TPSA) is 20.3 Å². The molecule has 0 N–H and O–H groups in total. The van der Waals surface area contributed by atoms with Crippen molar-refractivity contribution in [1.82, 2.24) is 4.90 Å². The lowest BCUT2D eigenvalue weighted by Gasteiger charge is -2.24. The number of hydrogen-bond donors (Lipinski definition) is 0. The maximum absolute atomic E-state index is 12.2. The predicted octanol–water partition coefficient (Wildman–Crippen LogP) is 3.72. The Kier molecular flexibility index (Phi) is 4.24. The van der Waals surface area contributed by atoms with Crippen molar-refractivity contribution in [3.05, 3.63) is 33.5 Å². The second-order valence-electron chi connectivity index (χ2n) is 4.38. The molecular formula is C13H16ClNOS. The highest BCUT2D eigenvalue weighted by Gasteiger charge is 2.22. The van der Waals surface area contributed by atoms with Crippen LogP contribution < -0.4 is 0 Å². The van der Waals surface area contributed by atoms with E-state index in [4.69, 9.17) is 11.6 Å². The molecule has 4 heteroatoms. The molecule has 17 heavy (non-hydrogen) atoms. The second-order valence-corrected chi connectivity index (χ2v) is 6.18.